The van der Waals surface area contributed by atoms with Crippen molar-refractivity contribution in [2.75, 3.05) is 71.5 Å². The minimum absolute atomic E-state index is 0.344. The molecule has 0 amide bonds. The lowest BCUT2D eigenvalue weighted by Gasteiger charge is -2.34. The van der Waals surface area contributed by atoms with E-state index in [1.54, 1.807) is 0 Å². The van der Waals surface area contributed by atoms with Crippen molar-refractivity contribution in [3.63, 3.8) is 0 Å². The van der Waals surface area contributed by atoms with Crippen LogP contribution in [-0.2, 0) is 11.3 Å². The zero-order chi connectivity index (χ0) is 18.7. The molecule has 3 saturated heterocycles. The summed E-state index contributed by atoms with van der Waals surface area (Å²) in [6.45, 7) is 8.90. The number of likely N-dealkylation sites (tertiary alicyclic amines) is 1. The summed E-state index contributed by atoms with van der Waals surface area (Å²) >= 11 is 0. The molecule has 4 heterocycles. The summed E-state index contributed by atoms with van der Waals surface area (Å²) < 4.78 is 5.66. The maximum atomic E-state index is 5.66. The maximum absolute atomic E-state index is 5.66. The summed E-state index contributed by atoms with van der Waals surface area (Å²) in [7, 11) is 4.06. The molecule has 3 aliphatic heterocycles. The van der Waals surface area contributed by atoms with E-state index in [1.807, 2.05) is 19.3 Å². The van der Waals surface area contributed by atoms with E-state index in [-0.39, 0.29) is 0 Å². The van der Waals surface area contributed by atoms with Gasteiger partial charge in [0.2, 0.25) is 0 Å². The molecule has 7 heteroatoms. The van der Waals surface area contributed by atoms with Crippen molar-refractivity contribution >= 4 is 11.8 Å². The predicted octanol–water partition coefficient (Wildman–Crippen LogP) is 1.02. The number of pyridine rings is 1. The maximum Gasteiger partial charge on any atom is 0.193 e. The summed E-state index contributed by atoms with van der Waals surface area (Å²) in [5.41, 5.74) is 1.58. The number of piperazine rings is 1. The first-order chi connectivity index (χ1) is 13.2. The third kappa shape index (κ3) is 4.04. The van der Waals surface area contributed by atoms with Gasteiger partial charge in [0, 0.05) is 76.6 Å². The number of nitrogens with zero attached hydrogens (tertiary/aromatic N) is 5. The third-order valence-corrected chi connectivity index (χ3v) is 6.24. The fraction of sp³-hybridized carbons (Fsp3) is 0.700. The molecule has 148 valence electrons. The summed E-state index contributed by atoms with van der Waals surface area (Å²) in [4.78, 5) is 16.4. The van der Waals surface area contributed by atoms with Gasteiger partial charge in [-0.05, 0) is 26.0 Å². The van der Waals surface area contributed by atoms with E-state index in [9.17, 15) is 0 Å². The molecule has 0 aliphatic carbocycles. The van der Waals surface area contributed by atoms with Gasteiger partial charge in [0.25, 0.3) is 0 Å². The molecule has 27 heavy (non-hydrogen) atoms. The standard InChI is InChI=1S/C20H32N6O/c1-21-19(26-8-5-20(15-26)6-13-27-16-20)23-14-17-4-3-7-22-18(17)25-11-9-24(2)10-12-25/h3-4,7H,5-6,8-16H2,1-2H3,(H,21,23). The van der Waals surface area contributed by atoms with Crippen LogP contribution in [0.2, 0.25) is 0 Å². The Morgan fingerprint density at radius 1 is 1.26 bits per heavy atom. The monoisotopic (exact) mass is 372 g/mol. The van der Waals surface area contributed by atoms with Crippen molar-refractivity contribution in [3.8, 4) is 0 Å². The summed E-state index contributed by atoms with van der Waals surface area (Å²) in [5, 5.41) is 3.58. The second kappa shape index (κ2) is 8.02. The quantitative estimate of drug-likeness (QED) is 0.632. The average Bonchev–Trinajstić information content (AvgIpc) is 3.33. The van der Waals surface area contributed by atoms with Crippen molar-refractivity contribution in [1.29, 1.82) is 0 Å². The lowest BCUT2D eigenvalue weighted by molar-refractivity contribution is 0.156. The van der Waals surface area contributed by atoms with Crippen LogP contribution in [0, 0.1) is 5.41 Å². The van der Waals surface area contributed by atoms with Crippen molar-refractivity contribution in [2.45, 2.75) is 19.4 Å². The molecule has 0 aromatic carbocycles. The Labute approximate surface area is 162 Å². The predicted molar refractivity (Wildman–Crippen MR) is 108 cm³/mol. The van der Waals surface area contributed by atoms with Crippen LogP contribution in [0.1, 0.15) is 18.4 Å². The zero-order valence-electron chi connectivity index (χ0n) is 16.7. The van der Waals surface area contributed by atoms with Crippen LogP contribution in [0.3, 0.4) is 0 Å². The summed E-state index contributed by atoms with van der Waals surface area (Å²) in [6, 6.07) is 4.21. The number of guanidine groups is 1. The first-order valence-electron chi connectivity index (χ1n) is 10.1. The molecule has 4 rings (SSSR count). The lowest BCUT2D eigenvalue weighted by Crippen LogP contribution is -2.45. The molecule has 1 spiro atoms. The average molecular weight is 373 g/mol. The lowest BCUT2D eigenvalue weighted by atomic mass is 9.87. The van der Waals surface area contributed by atoms with E-state index in [2.05, 4.69) is 43.1 Å². The summed E-state index contributed by atoms with van der Waals surface area (Å²) in [5.74, 6) is 2.10. The first-order valence-corrected chi connectivity index (χ1v) is 10.1. The van der Waals surface area contributed by atoms with Gasteiger partial charge in [0.1, 0.15) is 5.82 Å². The highest BCUT2D eigenvalue weighted by molar-refractivity contribution is 5.80. The number of aromatic nitrogens is 1. The minimum atomic E-state index is 0.344. The first kappa shape index (κ1) is 18.5. The molecule has 1 atom stereocenters. The largest absolute Gasteiger partial charge is 0.381 e. The van der Waals surface area contributed by atoms with Crippen LogP contribution >= 0.6 is 0 Å². The Balaban J connectivity index is 1.39. The van der Waals surface area contributed by atoms with E-state index < -0.39 is 0 Å². The van der Waals surface area contributed by atoms with Crippen LogP contribution in [0.15, 0.2) is 23.3 Å². The SMILES string of the molecule is CN=C(NCc1cccnc1N1CCN(C)CC1)N1CCC2(CCOC2)C1. The van der Waals surface area contributed by atoms with Gasteiger partial charge in [-0.3, -0.25) is 4.99 Å². The van der Waals surface area contributed by atoms with E-state index >= 15 is 0 Å². The van der Waals surface area contributed by atoms with Crippen LogP contribution < -0.4 is 10.2 Å². The fourth-order valence-electron chi connectivity index (χ4n) is 4.47. The van der Waals surface area contributed by atoms with Crippen LogP contribution in [0.25, 0.3) is 0 Å². The van der Waals surface area contributed by atoms with Crippen molar-refractivity contribution < 1.29 is 4.74 Å². The third-order valence-electron chi connectivity index (χ3n) is 6.24. The fourth-order valence-corrected chi connectivity index (χ4v) is 4.47. The Kier molecular flexibility index (Phi) is 5.50. The molecule has 1 aromatic rings. The van der Waals surface area contributed by atoms with E-state index in [4.69, 9.17) is 4.74 Å². The molecule has 0 radical (unpaired) electrons. The number of rotatable bonds is 3. The highest BCUT2D eigenvalue weighted by atomic mass is 16.5. The number of aliphatic imine (C=N–C) groups is 1. The molecule has 1 unspecified atom stereocenters. The molecule has 7 nitrogen and oxygen atoms in total. The highest BCUT2D eigenvalue weighted by Gasteiger charge is 2.42. The molecular formula is C20H32N6O. The zero-order valence-corrected chi connectivity index (χ0v) is 16.7. The Hall–Kier alpha value is -1.86. The molecule has 0 bridgehead atoms. The van der Waals surface area contributed by atoms with Gasteiger partial charge in [-0.1, -0.05) is 6.07 Å². The van der Waals surface area contributed by atoms with Gasteiger partial charge < -0.3 is 24.8 Å². The molecule has 3 fully saturated rings. The Morgan fingerprint density at radius 2 is 2.11 bits per heavy atom. The minimum Gasteiger partial charge on any atom is -0.381 e. The van der Waals surface area contributed by atoms with Gasteiger partial charge in [-0.15, -0.1) is 0 Å². The normalized spacial score (nSPS) is 27.0. The number of hydrogen-bond acceptors (Lipinski definition) is 5. The van der Waals surface area contributed by atoms with Gasteiger partial charge >= 0.3 is 0 Å². The van der Waals surface area contributed by atoms with Crippen molar-refractivity contribution in [3.05, 3.63) is 23.9 Å². The summed E-state index contributed by atoms with van der Waals surface area (Å²) in [6.07, 6.45) is 4.28. The molecule has 0 saturated carbocycles. The van der Waals surface area contributed by atoms with Gasteiger partial charge in [-0.2, -0.15) is 0 Å². The highest BCUT2D eigenvalue weighted by Crippen LogP contribution is 2.38. The van der Waals surface area contributed by atoms with Gasteiger partial charge in [0.05, 0.1) is 6.61 Å². The van der Waals surface area contributed by atoms with Crippen LogP contribution in [0.5, 0.6) is 0 Å². The number of ether oxygens (including phenoxy) is 1. The number of hydrogen-bond donors (Lipinski definition) is 1. The van der Waals surface area contributed by atoms with Crippen LogP contribution in [-0.4, -0.2) is 87.3 Å². The molecule has 1 N–H and O–H groups in total. The number of anilines is 1. The topological polar surface area (TPSA) is 56.2 Å². The van der Waals surface area contributed by atoms with Crippen molar-refractivity contribution in [2.24, 2.45) is 10.4 Å². The van der Waals surface area contributed by atoms with Crippen molar-refractivity contribution in [1.82, 2.24) is 20.1 Å². The smallest absolute Gasteiger partial charge is 0.193 e. The van der Waals surface area contributed by atoms with Gasteiger partial charge in [0.15, 0.2) is 5.96 Å². The second-order valence-electron chi connectivity index (χ2n) is 8.15. The second-order valence-corrected chi connectivity index (χ2v) is 8.15. The van der Waals surface area contributed by atoms with E-state index in [0.717, 1.165) is 70.8 Å². The Bertz CT molecular complexity index is 664. The van der Waals surface area contributed by atoms with E-state index in [0.29, 0.717) is 5.41 Å². The van der Waals surface area contributed by atoms with Gasteiger partial charge in [-0.25, -0.2) is 4.98 Å². The molecule has 1 aromatic heterocycles. The number of nitrogens with one attached hydrogen (secondary N) is 1. The van der Waals surface area contributed by atoms with Crippen LogP contribution in [0.4, 0.5) is 5.82 Å². The molecular weight excluding hydrogens is 340 g/mol. The molecule has 3 aliphatic rings. The number of likely N-dealkylation sites (N-methyl/N-ethyl adjacent to an activating group) is 1. The Morgan fingerprint density at radius 3 is 2.85 bits per heavy atom. The van der Waals surface area contributed by atoms with E-state index in [1.165, 1.54) is 18.4 Å².